The highest BCUT2D eigenvalue weighted by molar-refractivity contribution is 5.98. The molecule has 5 heteroatoms. The van der Waals surface area contributed by atoms with Crippen LogP contribution in [-0.2, 0) is 9.53 Å². The highest BCUT2D eigenvalue weighted by Crippen LogP contribution is 2.36. The fraction of sp³-hybridized carbons (Fsp3) is 0.267. The molecule has 2 heterocycles. The van der Waals surface area contributed by atoms with E-state index in [-0.39, 0.29) is 11.5 Å². The summed E-state index contributed by atoms with van der Waals surface area (Å²) in [6.07, 6.45) is 0.393. The fourth-order valence-electron chi connectivity index (χ4n) is 2.29. The molecule has 2 aromatic rings. The topological polar surface area (TPSA) is 79.9 Å². The Morgan fingerprint density at radius 1 is 1.20 bits per heavy atom. The van der Waals surface area contributed by atoms with E-state index in [0.717, 1.165) is 0 Å². The van der Waals surface area contributed by atoms with Gasteiger partial charge in [-0.3, -0.25) is 4.79 Å². The number of fused-ring (bicyclic) bond motifs is 1. The lowest BCUT2D eigenvalue weighted by Gasteiger charge is -2.30. The maximum Gasteiger partial charge on any atom is 0.233 e. The van der Waals surface area contributed by atoms with Gasteiger partial charge in [0.15, 0.2) is 11.9 Å². The molecule has 0 amide bonds. The summed E-state index contributed by atoms with van der Waals surface area (Å²) in [4.78, 5) is 12.0. The summed E-state index contributed by atoms with van der Waals surface area (Å²) in [7, 11) is 0. The van der Waals surface area contributed by atoms with Crippen molar-refractivity contribution < 1.29 is 24.2 Å². The number of ketones is 1. The molecule has 0 bridgehead atoms. The molecule has 0 aliphatic carbocycles. The Hall–Kier alpha value is -2.27. The summed E-state index contributed by atoms with van der Waals surface area (Å²) in [5.74, 6) is -0.436. The van der Waals surface area contributed by atoms with E-state index in [4.69, 9.17) is 9.15 Å². The highest BCUT2D eigenvalue weighted by atomic mass is 16.5. The molecule has 1 atom stereocenters. The number of aliphatic hydroxyl groups excluding tert-OH is 1. The maximum atomic E-state index is 12.0. The lowest BCUT2D eigenvalue weighted by atomic mass is 9.99. The molecule has 0 spiro atoms. The Balaban J connectivity index is 2.06. The van der Waals surface area contributed by atoms with Gasteiger partial charge < -0.3 is 19.4 Å². The number of aromatic hydroxyl groups is 1. The third-order valence-electron chi connectivity index (χ3n) is 3.17. The van der Waals surface area contributed by atoms with E-state index in [1.165, 1.54) is 18.2 Å². The van der Waals surface area contributed by atoms with Gasteiger partial charge >= 0.3 is 0 Å². The predicted molar refractivity (Wildman–Crippen MR) is 71.5 cm³/mol. The largest absolute Gasteiger partial charge is 0.508 e. The molecule has 1 aromatic carbocycles. The number of carbonyl (C=O) groups excluding carboxylic acids is 1. The average molecular weight is 274 g/mol. The molecule has 1 aromatic heterocycles. The van der Waals surface area contributed by atoms with Gasteiger partial charge in [0.05, 0.1) is 5.60 Å². The number of Topliss-reactive ketones (excluding diaryl/α,β-unsaturated/α-hetero) is 1. The van der Waals surface area contributed by atoms with E-state index >= 15 is 0 Å². The Labute approximate surface area is 115 Å². The molecule has 2 N–H and O–H groups in total. The number of ether oxygens (including phenoxy) is 1. The van der Waals surface area contributed by atoms with Crippen LogP contribution in [0, 0.1) is 0 Å². The van der Waals surface area contributed by atoms with Crippen LogP contribution in [-0.4, -0.2) is 21.6 Å². The minimum atomic E-state index is -0.982. The molecule has 0 radical (unpaired) electrons. The van der Waals surface area contributed by atoms with Crippen molar-refractivity contribution >= 4 is 16.8 Å². The molecule has 20 heavy (non-hydrogen) atoms. The first-order valence-corrected chi connectivity index (χ1v) is 6.22. The molecule has 1 aliphatic rings. The maximum absolute atomic E-state index is 12.0. The van der Waals surface area contributed by atoms with Gasteiger partial charge in [0.25, 0.3) is 0 Å². The fourth-order valence-corrected chi connectivity index (χ4v) is 2.29. The molecule has 0 fully saturated rings. The van der Waals surface area contributed by atoms with Gasteiger partial charge in [-0.15, -0.1) is 0 Å². The van der Waals surface area contributed by atoms with Crippen molar-refractivity contribution in [3.8, 4) is 5.75 Å². The van der Waals surface area contributed by atoms with Crippen LogP contribution in [0.15, 0.2) is 40.5 Å². The van der Waals surface area contributed by atoms with Gasteiger partial charge in [-0.05, 0) is 44.2 Å². The van der Waals surface area contributed by atoms with E-state index in [2.05, 4.69) is 0 Å². The molecule has 104 valence electrons. The summed E-state index contributed by atoms with van der Waals surface area (Å²) in [5, 5.41) is 19.8. The third-order valence-corrected chi connectivity index (χ3v) is 3.17. The molecule has 5 nitrogen and oxygen atoms in total. The normalized spacial score (nSPS) is 22.0. The van der Waals surface area contributed by atoms with E-state index < -0.39 is 17.5 Å². The first kappa shape index (κ1) is 12.7. The van der Waals surface area contributed by atoms with Gasteiger partial charge in [0.2, 0.25) is 5.78 Å². The SMILES string of the molecule is CC1(C)C=C(O)C(=O)C(c2cc3cc(O)ccc3o2)O1. The number of rotatable bonds is 1. The van der Waals surface area contributed by atoms with Gasteiger partial charge in [0.1, 0.15) is 17.1 Å². The number of aliphatic hydroxyl groups is 1. The molecule has 1 aliphatic heterocycles. The Kier molecular flexibility index (Phi) is 2.62. The summed E-state index contributed by atoms with van der Waals surface area (Å²) < 4.78 is 11.2. The van der Waals surface area contributed by atoms with E-state index in [0.29, 0.717) is 16.7 Å². The summed E-state index contributed by atoms with van der Waals surface area (Å²) >= 11 is 0. The van der Waals surface area contributed by atoms with Crippen molar-refractivity contribution in [1.29, 1.82) is 0 Å². The Bertz CT molecular complexity index is 723. The molecule has 1 unspecified atom stereocenters. The van der Waals surface area contributed by atoms with Crippen molar-refractivity contribution in [3.63, 3.8) is 0 Å². The molecule has 3 rings (SSSR count). The van der Waals surface area contributed by atoms with Crippen molar-refractivity contribution in [3.05, 3.63) is 41.9 Å². The number of carbonyl (C=O) groups is 1. The van der Waals surface area contributed by atoms with E-state index in [1.807, 2.05) is 0 Å². The second-order valence-corrected chi connectivity index (χ2v) is 5.37. The van der Waals surface area contributed by atoms with E-state index in [9.17, 15) is 15.0 Å². The van der Waals surface area contributed by atoms with Crippen molar-refractivity contribution in [2.24, 2.45) is 0 Å². The first-order chi connectivity index (χ1) is 9.35. The van der Waals surface area contributed by atoms with Gasteiger partial charge in [-0.2, -0.15) is 0 Å². The van der Waals surface area contributed by atoms with Gasteiger partial charge in [-0.25, -0.2) is 0 Å². The quantitative estimate of drug-likeness (QED) is 0.835. The number of phenols is 1. The van der Waals surface area contributed by atoms with Crippen molar-refractivity contribution in [1.82, 2.24) is 0 Å². The van der Waals surface area contributed by atoms with Gasteiger partial charge in [0, 0.05) is 5.39 Å². The second kappa shape index (κ2) is 4.11. The zero-order valence-corrected chi connectivity index (χ0v) is 11.1. The van der Waals surface area contributed by atoms with Crippen LogP contribution in [0.5, 0.6) is 5.75 Å². The van der Waals surface area contributed by atoms with Crippen LogP contribution in [0.3, 0.4) is 0 Å². The third kappa shape index (κ3) is 2.06. The number of hydrogen-bond acceptors (Lipinski definition) is 5. The lowest BCUT2D eigenvalue weighted by Crippen LogP contribution is -2.34. The van der Waals surface area contributed by atoms with Gasteiger partial charge in [-0.1, -0.05) is 0 Å². The molecular formula is C15H14O5. The minimum absolute atomic E-state index is 0.115. The Morgan fingerprint density at radius 3 is 2.70 bits per heavy atom. The second-order valence-electron chi connectivity index (χ2n) is 5.37. The van der Waals surface area contributed by atoms with Crippen LogP contribution >= 0.6 is 0 Å². The van der Waals surface area contributed by atoms with Crippen LogP contribution in [0.4, 0.5) is 0 Å². The summed E-state index contributed by atoms with van der Waals surface area (Å²) in [6.45, 7) is 3.49. The van der Waals surface area contributed by atoms with Crippen LogP contribution < -0.4 is 0 Å². The zero-order chi connectivity index (χ0) is 14.5. The van der Waals surface area contributed by atoms with Crippen molar-refractivity contribution in [2.45, 2.75) is 25.6 Å². The number of benzene rings is 1. The monoisotopic (exact) mass is 274 g/mol. The van der Waals surface area contributed by atoms with Crippen LogP contribution in [0.1, 0.15) is 25.7 Å². The minimum Gasteiger partial charge on any atom is -0.508 e. The van der Waals surface area contributed by atoms with Crippen LogP contribution in [0.2, 0.25) is 0 Å². The first-order valence-electron chi connectivity index (χ1n) is 6.22. The number of phenolic OH excluding ortho intramolecular Hbond substituents is 1. The summed E-state index contributed by atoms with van der Waals surface area (Å²) in [6, 6.07) is 6.28. The molecular weight excluding hydrogens is 260 g/mol. The smallest absolute Gasteiger partial charge is 0.233 e. The number of hydrogen-bond donors (Lipinski definition) is 2. The predicted octanol–water partition coefficient (Wildman–Crippen LogP) is 3.00. The zero-order valence-electron chi connectivity index (χ0n) is 11.1. The Morgan fingerprint density at radius 2 is 1.95 bits per heavy atom. The lowest BCUT2D eigenvalue weighted by molar-refractivity contribution is -0.143. The average Bonchev–Trinajstić information content (AvgIpc) is 2.76. The van der Waals surface area contributed by atoms with Crippen molar-refractivity contribution in [2.75, 3.05) is 0 Å². The molecule has 0 saturated carbocycles. The summed E-state index contributed by atoms with van der Waals surface area (Å²) in [5.41, 5.74) is -0.218. The molecule has 0 saturated heterocycles. The van der Waals surface area contributed by atoms with Crippen LogP contribution in [0.25, 0.3) is 11.0 Å². The standard InChI is InChI=1S/C15H14O5/c1-15(2)7-10(17)13(18)14(20-15)12-6-8-5-9(16)3-4-11(8)19-12/h3-7,14,16-17H,1-2H3. The van der Waals surface area contributed by atoms with E-state index in [1.54, 1.807) is 26.0 Å². The number of furan rings is 1. The highest BCUT2D eigenvalue weighted by Gasteiger charge is 2.38.